The molecule has 0 aliphatic heterocycles. The molecule has 0 aliphatic carbocycles. The van der Waals surface area contributed by atoms with E-state index in [0.717, 1.165) is 0 Å². The van der Waals surface area contributed by atoms with Crippen molar-refractivity contribution < 1.29 is 0 Å². The van der Waals surface area contributed by atoms with Crippen molar-refractivity contribution in [2.24, 2.45) is 0 Å². The van der Waals surface area contributed by atoms with E-state index in [4.69, 9.17) is 0 Å². The standard InChI is InChI=1S/C19H20BSi/c1-21(18-13-7-3-8-14-18,19-15-9-4-10-16-19)20-17-11-5-2-6-12-17/h2-16H,20H2,1H3/q-1. The molecular formula is C19H20BSi-. The third-order valence-corrected chi connectivity index (χ3v) is 9.85. The van der Waals surface area contributed by atoms with Crippen LogP contribution in [-0.4, -0.2) is 14.8 Å². The van der Waals surface area contributed by atoms with Gasteiger partial charge in [-0.05, 0) is 7.94 Å². The van der Waals surface area contributed by atoms with Crippen LogP contribution in [0.15, 0.2) is 91.0 Å². The van der Waals surface area contributed by atoms with Crippen LogP contribution in [0.1, 0.15) is 0 Å². The minimum atomic E-state index is -1.62. The fourth-order valence-corrected chi connectivity index (χ4v) is 7.89. The van der Waals surface area contributed by atoms with E-state index in [-0.39, 0.29) is 6.87 Å². The Kier molecular flexibility index (Phi) is 4.07. The van der Waals surface area contributed by atoms with Crippen molar-refractivity contribution in [3.63, 3.8) is 0 Å². The van der Waals surface area contributed by atoms with Crippen LogP contribution >= 0.6 is 0 Å². The Morgan fingerprint density at radius 1 is 0.571 bits per heavy atom. The third-order valence-electron chi connectivity index (χ3n) is 4.72. The van der Waals surface area contributed by atoms with Gasteiger partial charge in [0.25, 0.3) is 0 Å². The number of hydrogen-bond acceptors (Lipinski definition) is 0. The van der Waals surface area contributed by atoms with Crippen LogP contribution in [-0.2, 0) is 0 Å². The smallest absolute Gasteiger partial charge is 0.0109 e. The van der Waals surface area contributed by atoms with Crippen molar-refractivity contribution in [1.29, 1.82) is 0 Å². The van der Waals surface area contributed by atoms with Crippen molar-refractivity contribution in [1.82, 2.24) is 0 Å². The van der Waals surface area contributed by atoms with E-state index in [9.17, 15) is 0 Å². The maximum Gasteiger partial charge on any atom is 0.0109 e. The molecule has 3 aromatic rings. The lowest BCUT2D eigenvalue weighted by Crippen LogP contribution is -2.63. The molecular weight excluding hydrogens is 267 g/mol. The zero-order valence-corrected chi connectivity index (χ0v) is 13.7. The molecule has 3 aromatic carbocycles. The minimum absolute atomic E-state index is 0.202. The summed E-state index contributed by atoms with van der Waals surface area (Å²) in [6, 6.07) is 33.3. The molecule has 0 saturated carbocycles. The van der Waals surface area contributed by atoms with E-state index in [1.54, 1.807) is 15.8 Å². The van der Waals surface area contributed by atoms with E-state index < -0.39 is 7.94 Å². The number of benzene rings is 3. The van der Waals surface area contributed by atoms with E-state index in [0.29, 0.717) is 0 Å². The normalized spacial score (nSPS) is 11.3. The summed E-state index contributed by atoms with van der Waals surface area (Å²) < 4.78 is 0. The van der Waals surface area contributed by atoms with Crippen molar-refractivity contribution in [3.8, 4) is 0 Å². The first-order valence-corrected chi connectivity index (χ1v) is 10.7. The summed E-state index contributed by atoms with van der Waals surface area (Å²) in [6.07, 6.45) is 0. The van der Waals surface area contributed by atoms with E-state index in [1.807, 2.05) is 0 Å². The molecule has 0 amide bonds. The van der Waals surface area contributed by atoms with Crippen LogP contribution in [0.3, 0.4) is 0 Å². The molecule has 0 unspecified atom stereocenters. The van der Waals surface area contributed by atoms with Crippen molar-refractivity contribution in [3.05, 3.63) is 91.0 Å². The number of rotatable bonds is 4. The van der Waals surface area contributed by atoms with Gasteiger partial charge in [0.15, 0.2) is 0 Å². The van der Waals surface area contributed by atoms with Gasteiger partial charge >= 0.3 is 0 Å². The lowest BCUT2D eigenvalue weighted by molar-refractivity contribution is 1.71. The SMILES string of the molecule is C[Si]([BH2-]c1ccccc1)(c1ccccc1)c1ccccc1. The zero-order valence-electron chi connectivity index (χ0n) is 12.7. The summed E-state index contributed by atoms with van der Waals surface area (Å²) in [5.74, 6) is 0. The largest absolute Gasteiger partial charge is 0.218 e. The van der Waals surface area contributed by atoms with Gasteiger partial charge in [0.05, 0.1) is 0 Å². The summed E-state index contributed by atoms with van der Waals surface area (Å²) in [5.41, 5.74) is 1.55. The molecule has 0 N–H and O–H groups in total. The maximum absolute atomic E-state index is 2.53. The van der Waals surface area contributed by atoms with Crippen LogP contribution in [0.2, 0.25) is 6.55 Å². The van der Waals surface area contributed by atoms with Gasteiger partial charge in [0.1, 0.15) is 0 Å². The summed E-state index contributed by atoms with van der Waals surface area (Å²) in [5, 5.41) is 3.11. The Balaban J connectivity index is 2.07. The Morgan fingerprint density at radius 3 is 1.38 bits per heavy atom. The maximum atomic E-state index is 2.53. The first kappa shape index (κ1) is 13.9. The average Bonchev–Trinajstić information content (AvgIpc) is 2.57. The van der Waals surface area contributed by atoms with Crippen LogP contribution < -0.4 is 15.8 Å². The Bertz CT molecular complexity index is 641. The second-order valence-corrected chi connectivity index (χ2v) is 11.2. The Morgan fingerprint density at radius 2 is 0.952 bits per heavy atom. The monoisotopic (exact) mass is 287 g/mol. The average molecular weight is 287 g/mol. The molecule has 104 valence electrons. The summed E-state index contributed by atoms with van der Waals surface area (Å²) in [7, 11) is -1.62. The molecule has 0 spiro atoms. The summed E-state index contributed by atoms with van der Waals surface area (Å²) >= 11 is 0. The van der Waals surface area contributed by atoms with Crippen LogP contribution in [0.4, 0.5) is 0 Å². The molecule has 0 fully saturated rings. The molecule has 2 heteroatoms. The zero-order chi connectivity index (χ0) is 14.5. The first-order valence-electron chi connectivity index (χ1n) is 7.73. The molecule has 0 nitrogen and oxygen atoms in total. The van der Waals surface area contributed by atoms with E-state index in [1.165, 1.54) is 0 Å². The van der Waals surface area contributed by atoms with Crippen molar-refractivity contribution >= 4 is 30.7 Å². The fraction of sp³-hybridized carbons (Fsp3) is 0.0526. The Hall–Kier alpha value is -2.06. The highest BCUT2D eigenvalue weighted by molar-refractivity contribution is 7.40. The van der Waals surface area contributed by atoms with Crippen molar-refractivity contribution in [2.75, 3.05) is 0 Å². The highest BCUT2D eigenvalue weighted by atomic mass is 28.3. The van der Waals surface area contributed by atoms with Crippen LogP contribution in [0.25, 0.3) is 0 Å². The summed E-state index contributed by atoms with van der Waals surface area (Å²) in [4.78, 5) is 0. The van der Waals surface area contributed by atoms with Gasteiger partial charge in [-0.1, -0.05) is 108 Å². The molecule has 0 radical (unpaired) electrons. The van der Waals surface area contributed by atoms with Gasteiger partial charge in [0, 0.05) is 6.87 Å². The first-order chi connectivity index (χ1) is 10.3. The Labute approximate surface area is 128 Å². The number of hydrogen-bond donors (Lipinski definition) is 0. The molecule has 0 saturated heterocycles. The van der Waals surface area contributed by atoms with E-state index in [2.05, 4.69) is 97.5 Å². The van der Waals surface area contributed by atoms with E-state index >= 15 is 0 Å². The molecule has 0 bridgehead atoms. The van der Waals surface area contributed by atoms with Gasteiger partial charge in [-0.15, -0.1) is 0 Å². The molecule has 0 aromatic heterocycles. The van der Waals surface area contributed by atoms with Crippen LogP contribution in [0, 0.1) is 0 Å². The van der Waals surface area contributed by atoms with Crippen LogP contribution in [0.5, 0.6) is 0 Å². The van der Waals surface area contributed by atoms with Gasteiger partial charge < -0.3 is 0 Å². The van der Waals surface area contributed by atoms with Gasteiger partial charge in [0.2, 0.25) is 0 Å². The van der Waals surface area contributed by atoms with Gasteiger partial charge in [-0.25, -0.2) is 5.46 Å². The second-order valence-electron chi connectivity index (χ2n) is 6.26. The third kappa shape index (κ3) is 3.01. The summed E-state index contributed by atoms with van der Waals surface area (Å²) in [6.45, 7) is 2.33. The highest BCUT2D eigenvalue weighted by Crippen LogP contribution is 2.04. The molecule has 0 heterocycles. The highest BCUT2D eigenvalue weighted by Gasteiger charge is 2.24. The molecule has 21 heavy (non-hydrogen) atoms. The fourth-order valence-electron chi connectivity index (χ4n) is 3.44. The second kappa shape index (κ2) is 6.15. The quantitative estimate of drug-likeness (QED) is 0.643. The molecule has 3 rings (SSSR count). The minimum Gasteiger partial charge on any atom is -0.218 e. The predicted octanol–water partition coefficient (Wildman–Crippen LogP) is 1.87. The molecule has 0 aliphatic rings. The predicted molar refractivity (Wildman–Crippen MR) is 98.4 cm³/mol. The lowest BCUT2D eigenvalue weighted by atomic mass is 9.94. The molecule has 0 atom stereocenters. The van der Waals surface area contributed by atoms with Gasteiger partial charge in [-0.2, -0.15) is 0 Å². The topological polar surface area (TPSA) is 0 Å². The van der Waals surface area contributed by atoms with Crippen molar-refractivity contribution in [2.45, 2.75) is 6.55 Å². The lowest BCUT2D eigenvalue weighted by Gasteiger charge is -2.35. The van der Waals surface area contributed by atoms with Gasteiger partial charge in [-0.3, -0.25) is 0 Å².